The average molecular weight is 506 g/mol. The van der Waals surface area contributed by atoms with Crippen molar-refractivity contribution in [3.63, 3.8) is 0 Å². The van der Waals surface area contributed by atoms with E-state index < -0.39 is 18.2 Å². The van der Waals surface area contributed by atoms with E-state index in [0.29, 0.717) is 42.8 Å². The summed E-state index contributed by atoms with van der Waals surface area (Å²) < 4.78 is 16.6. The van der Waals surface area contributed by atoms with Crippen molar-refractivity contribution in [3.8, 4) is 11.5 Å². The van der Waals surface area contributed by atoms with Crippen molar-refractivity contribution in [1.82, 2.24) is 4.90 Å². The predicted octanol–water partition coefficient (Wildman–Crippen LogP) is 6.22. The number of unbranched alkanes of at least 4 members (excludes halogenated alkanes) is 4. The summed E-state index contributed by atoms with van der Waals surface area (Å²) in [5, 5.41) is 9.63. The molecule has 0 saturated carbocycles. The molecule has 35 heavy (non-hydrogen) atoms. The van der Waals surface area contributed by atoms with Gasteiger partial charge in [0.2, 0.25) is 0 Å². The molecule has 0 fully saturated rings. The van der Waals surface area contributed by atoms with Crippen LogP contribution in [-0.2, 0) is 16.0 Å². The van der Waals surface area contributed by atoms with Crippen molar-refractivity contribution < 1.29 is 28.9 Å². The van der Waals surface area contributed by atoms with Crippen LogP contribution in [-0.4, -0.2) is 54.5 Å². The Hall–Kier alpha value is -2.77. The van der Waals surface area contributed by atoms with Crippen molar-refractivity contribution in [2.24, 2.45) is 0 Å². The largest absolute Gasteiger partial charge is 0.492 e. The second-order valence-corrected chi connectivity index (χ2v) is 8.59. The fourth-order valence-corrected chi connectivity index (χ4v) is 3.69. The molecule has 8 heteroatoms. The van der Waals surface area contributed by atoms with E-state index in [1.807, 2.05) is 12.1 Å². The minimum atomic E-state index is -0.981. The summed E-state index contributed by atoms with van der Waals surface area (Å²) in [7, 11) is 0. The van der Waals surface area contributed by atoms with Gasteiger partial charge >= 0.3 is 12.1 Å². The van der Waals surface area contributed by atoms with Crippen molar-refractivity contribution in [2.75, 3.05) is 26.3 Å². The number of carboxylic acids is 1. The molecule has 0 aliphatic rings. The molecule has 2 aromatic carbocycles. The van der Waals surface area contributed by atoms with E-state index in [1.54, 1.807) is 48.2 Å². The highest BCUT2D eigenvalue weighted by atomic mass is 35.5. The number of nitrogens with zero attached hydrogens (tertiary/aromatic N) is 1. The molecule has 0 saturated heterocycles. The highest BCUT2D eigenvalue weighted by molar-refractivity contribution is 6.32. The number of rotatable bonds is 16. The topological polar surface area (TPSA) is 85.3 Å². The van der Waals surface area contributed by atoms with Crippen molar-refractivity contribution >= 4 is 23.7 Å². The van der Waals surface area contributed by atoms with Gasteiger partial charge in [0.25, 0.3) is 0 Å². The molecule has 1 N–H and O–H groups in total. The van der Waals surface area contributed by atoms with Gasteiger partial charge in [-0.05, 0) is 43.2 Å². The number of aliphatic carboxylic acids is 1. The second-order valence-electron chi connectivity index (χ2n) is 8.18. The van der Waals surface area contributed by atoms with Gasteiger partial charge in [0.1, 0.15) is 12.4 Å². The van der Waals surface area contributed by atoms with Crippen LogP contribution in [0, 0.1) is 0 Å². The first-order valence-corrected chi connectivity index (χ1v) is 12.6. The van der Waals surface area contributed by atoms with Gasteiger partial charge in [0.15, 0.2) is 11.9 Å². The van der Waals surface area contributed by atoms with Crippen LogP contribution in [0.5, 0.6) is 11.5 Å². The van der Waals surface area contributed by atoms with Crippen LogP contribution >= 0.6 is 11.6 Å². The smallest absolute Gasteiger partial charge is 0.415 e. The molecule has 1 atom stereocenters. The van der Waals surface area contributed by atoms with Gasteiger partial charge in [-0.1, -0.05) is 68.5 Å². The maximum absolute atomic E-state index is 12.8. The first-order valence-electron chi connectivity index (χ1n) is 12.2. The van der Waals surface area contributed by atoms with Crippen LogP contribution in [0.15, 0.2) is 48.5 Å². The molecule has 0 spiro atoms. The van der Waals surface area contributed by atoms with Gasteiger partial charge in [-0.3, -0.25) is 0 Å². The number of hydrogen-bond donors (Lipinski definition) is 1. The second kappa shape index (κ2) is 16.0. The number of carbonyl (C=O) groups excluding carboxylic acids is 1. The van der Waals surface area contributed by atoms with E-state index in [-0.39, 0.29) is 6.42 Å². The van der Waals surface area contributed by atoms with E-state index in [1.165, 1.54) is 6.42 Å². The number of amides is 1. The SMILES string of the molecule is CCCCCCCN(CCOc1ccc(CC(OCC)C(=O)O)cc1)C(=O)Oc1ccccc1Cl. The monoisotopic (exact) mass is 505 g/mol. The Morgan fingerprint density at radius 3 is 2.34 bits per heavy atom. The molecule has 7 nitrogen and oxygen atoms in total. The van der Waals surface area contributed by atoms with Crippen LogP contribution in [0.3, 0.4) is 0 Å². The zero-order valence-corrected chi connectivity index (χ0v) is 21.3. The lowest BCUT2D eigenvalue weighted by atomic mass is 10.1. The summed E-state index contributed by atoms with van der Waals surface area (Å²) in [5.41, 5.74) is 0.843. The molecule has 0 aliphatic carbocycles. The third-order valence-electron chi connectivity index (χ3n) is 5.44. The van der Waals surface area contributed by atoms with E-state index in [4.69, 9.17) is 25.8 Å². The van der Waals surface area contributed by atoms with Crippen LogP contribution < -0.4 is 9.47 Å². The van der Waals surface area contributed by atoms with Crippen LogP contribution in [0.2, 0.25) is 5.02 Å². The molecular formula is C27H36ClNO6. The first-order chi connectivity index (χ1) is 16.9. The molecule has 0 heterocycles. The van der Waals surface area contributed by atoms with Crippen LogP contribution in [0.25, 0.3) is 0 Å². The number of hydrogen-bond acceptors (Lipinski definition) is 5. The summed E-state index contributed by atoms with van der Waals surface area (Å²) in [6.45, 7) is 5.51. The van der Waals surface area contributed by atoms with Gasteiger partial charge in [-0.2, -0.15) is 0 Å². The van der Waals surface area contributed by atoms with Gasteiger partial charge < -0.3 is 24.2 Å². The van der Waals surface area contributed by atoms with Gasteiger partial charge in [0.05, 0.1) is 11.6 Å². The van der Waals surface area contributed by atoms with Crippen molar-refractivity contribution in [2.45, 2.75) is 58.5 Å². The summed E-state index contributed by atoms with van der Waals surface area (Å²) in [6.07, 6.45) is 4.36. The van der Waals surface area contributed by atoms with E-state index in [9.17, 15) is 14.7 Å². The molecule has 192 valence electrons. The van der Waals surface area contributed by atoms with E-state index in [2.05, 4.69) is 6.92 Å². The molecular weight excluding hydrogens is 470 g/mol. The Kier molecular flexibility index (Phi) is 13.0. The normalized spacial score (nSPS) is 11.6. The standard InChI is InChI=1S/C27H36ClNO6/c1-3-5-6-7-10-17-29(27(32)35-24-12-9-8-11-23(24)28)18-19-34-22-15-13-21(14-16-22)20-25(26(30)31)33-4-2/h8-9,11-16,25H,3-7,10,17-20H2,1-2H3,(H,30,31). The number of ether oxygens (including phenoxy) is 3. The lowest BCUT2D eigenvalue weighted by Gasteiger charge is -2.22. The molecule has 0 bridgehead atoms. The zero-order valence-electron chi connectivity index (χ0n) is 20.6. The minimum Gasteiger partial charge on any atom is -0.492 e. The summed E-state index contributed by atoms with van der Waals surface area (Å²) in [5.74, 6) is -0.0107. The Labute approximate surface area is 212 Å². The zero-order chi connectivity index (χ0) is 25.5. The molecule has 2 rings (SSSR count). The third-order valence-corrected chi connectivity index (χ3v) is 5.75. The minimum absolute atomic E-state index is 0.281. The Bertz CT molecular complexity index is 905. The van der Waals surface area contributed by atoms with Crippen LogP contribution in [0.4, 0.5) is 4.79 Å². The lowest BCUT2D eigenvalue weighted by Crippen LogP contribution is -2.37. The number of carboxylic acid groups (broad SMARTS) is 1. The average Bonchev–Trinajstić information content (AvgIpc) is 2.84. The maximum Gasteiger partial charge on any atom is 0.415 e. The molecule has 0 aromatic heterocycles. The summed E-state index contributed by atoms with van der Waals surface area (Å²) in [6, 6.07) is 14.1. The summed E-state index contributed by atoms with van der Waals surface area (Å²) >= 11 is 6.14. The Morgan fingerprint density at radius 2 is 1.69 bits per heavy atom. The highest BCUT2D eigenvalue weighted by Crippen LogP contribution is 2.24. The maximum atomic E-state index is 12.8. The summed E-state index contributed by atoms with van der Waals surface area (Å²) in [4.78, 5) is 25.7. The van der Waals surface area contributed by atoms with Crippen molar-refractivity contribution in [1.29, 1.82) is 0 Å². The first kappa shape index (κ1) is 28.5. The molecule has 0 aliphatic heterocycles. The number of para-hydroxylation sites is 1. The van der Waals surface area contributed by atoms with Gasteiger partial charge in [-0.15, -0.1) is 0 Å². The predicted molar refractivity (Wildman–Crippen MR) is 136 cm³/mol. The Morgan fingerprint density at radius 1 is 0.971 bits per heavy atom. The molecule has 2 aromatic rings. The Balaban J connectivity index is 1.91. The number of halogens is 1. The third kappa shape index (κ3) is 10.6. The fourth-order valence-electron chi connectivity index (χ4n) is 3.51. The van der Waals surface area contributed by atoms with Gasteiger partial charge in [0, 0.05) is 19.6 Å². The van der Waals surface area contributed by atoms with Crippen LogP contribution in [0.1, 0.15) is 51.5 Å². The number of carbonyl (C=O) groups is 2. The fraction of sp³-hybridized carbons (Fsp3) is 0.481. The van der Waals surface area contributed by atoms with E-state index in [0.717, 1.165) is 31.2 Å². The highest BCUT2D eigenvalue weighted by Gasteiger charge is 2.19. The molecule has 1 unspecified atom stereocenters. The van der Waals surface area contributed by atoms with Crippen molar-refractivity contribution in [3.05, 3.63) is 59.1 Å². The number of benzene rings is 2. The quantitative estimate of drug-likeness (QED) is 0.272. The molecule has 1 amide bonds. The molecule has 0 radical (unpaired) electrons. The van der Waals surface area contributed by atoms with E-state index >= 15 is 0 Å². The van der Waals surface area contributed by atoms with Gasteiger partial charge in [-0.25, -0.2) is 9.59 Å². The lowest BCUT2D eigenvalue weighted by molar-refractivity contribution is -0.149.